The Hall–Kier alpha value is -4.10. The third-order valence-electron chi connectivity index (χ3n) is 6.36. The number of rotatable bonds is 5. The number of ketones is 1. The van der Waals surface area contributed by atoms with Gasteiger partial charge in [-0.1, -0.05) is 47.7 Å². The van der Waals surface area contributed by atoms with E-state index in [0.29, 0.717) is 50.3 Å². The molecule has 198 valence electrons. The van der Waals surface area contributed by atoms with Crippen LogP contribution in [-0.2, 0) is 0 Å². The number of carbonyl (C=O) groups excluding carboxylic acids is 2. The number of halogens is 2. The molecule has 0 unspecified atom stereocenters. The first-order chi connectivity index (χ1) is 18.9. The highest BCUT2D eigenvalue weighted by Gasteiger charge is 2.20. The summed E-state index contributed by atoms with van der Waals surface area (Å²) in [6.45, 7) is 2.73. The number of nitrogens with zero attached hydrogens (tertiary/aromatic N) is 4. The van der Waals surface area contributed by atoms with Crippen molar-refractivity contribution < 1.29 is 9.59 Å². The molecule has 5 rings (SSSR count). The van der Waals surface area contributed by atoms with Crippen LogP contribution in [0.25, 0.3) is 5.52 Å². The molecule has 0 bridgehead atoms. The van der Waals surface area contributed by atoms with Gasteiger partial charge in [0, 0.05) is 16.3 Å². The number of benzene rings is 2. The maximum absolute atomic E-state index is 13.6. The summed E-state index contributed by atoms with van der Waals surface area (Å²) in [6, 6.07) is 12.5. The normalized spacial score (nSPS) is 13.5. The van der Waals surface area contributed by atoms with Gasteiger partial charge in [0.25, 0.3) is 0 Å². The van der Waals surface area contributed by atoms with Crippen LogP contribution in [0.2, 0.25) is 10.0 Å². The summed E-state index contributed by atoms with van der Waals surface area (Å²) in [5.41, 5.74) is 8.58. The van der Waals surface area contributed by atoms with E-state index >= 15 is 0 Å². The highest BCUT2D eigenvalue weighted by molar-refractivity contribution is 6.36. The Morgan fingerprint density at radius 3 is 2.64 bits per heavy atom. The molecule has 4 N–H and O–H groups in total. The van der Waals surface area contributed by atoms with Crippen molar-refractivity contribution in [1.29, 1.82) is 0 Å². The van der Waals surface area contributed by atoms with Gasteiger partial charge in [0.15, 0.2) is 11.6 Å². The van der Waals surface area contributed by atoms with Crippen molar-refractivity contribution in [3.8, 4) is 11.8 Å². The molecule has 0 aliphatic carbocycles. The highest BCUT2D eigenvalue weighted by Crippen LogP contribution is 2.26. The Balaban J connectivity index is 1.37. The number of amides is 2. The van der Waals surface area contributed by atoms with Gasteiger partial charge in [-0.15, -0.1) is 0 Å². The molecule has 11 heteroatoms. The van der Waals surface area contributed by atoms with Gasteiger partial charge in [0.05, 0.1) is 22.8 Å². The van der Waals surface area contributed by atoms with Crippen LogP contribution >= 0.6 is 23.2 Å². The van der Waals surface area contributed by atoms with Crippen LogP contribution in [0.1, 0.15) is 40.9 Å². The first-order valence-corrected chi connectivity index (χ1v) is 13.2. The fourth-order valence-electron chi connectivity index (χ4n) is 4.46. The average molecular weight is 562 g/mol. The summed E-state index contributed by atoms with van der Waals surface area (Å²) in [5, 5.41) is 10.4. The minimum absolute atomic E-state index is 0.172. The Kier molecular flexibility index (Phi) is 7.98. The summed E-state index contributed by atoms with van der Waals surface area (Å²) in [5.74, 6) is 6.22. The van der Waals surface area contributed by atoms with E-state index in [9.17, 15) is 9.59 Å². The zero-order valence-electron chi connectivity index (χ0n) is 20.9. The number of urea groups is 1. The van der Waals surface area contributed by atoms with E-state index in [0.717, 1.165) is 13.1 Å². The van der Waals surface area contributed by atoms with E-state index in [1.165, 1.54) is 31.7 Å². The fraction of sp³-hybridized carbons (Fsp3) is 0.214. The number of nitrogens with two attached hydrogens (primary N) is 1. The lowest BCUT2D eigenvalue weighted by Crippen LogP contribution is -2.29. The smallest absolute Gasteiger partial charge is 0.323 e. The number of fused-ring (bicyclic) bond motifs is 1. The van der Waals surface area contributed by atoms with Crippen molar-refractivity contribution in [2.75, 3.05) is 36.0 Å². The number of likely N-dealkylation sites (tertiary alicyclic amines) is 1. The minimum atomic E-state index is -0.526. The largest absolute Gasteiger partial charge is 0.382 e. The van der Waals surface area contributed by atoms with E-state index in [4.69, 9.17) is 28.9 Å². The monoisotopic (exact) mass is 561 g/mol. The van der Waals surface area contributed by atoms with E-state index < -0.39 is 6.03 Å². The topological polar surface area (TPSA) is 118 Å². The van der Waals surface area contributed by atoms with Crippen molar-refractivity contribution in [1.82, 2.24) is 19.5 Å². The highest BCUT2D eigenvalue weighted by atomic mass is 35.5. The predicted molar refractivity (Wildman–Crippen MR) is 154 cm³/mol. The molecule has 4 aromatic rings. The van der Waals surface area contributed by atoms with Crippen LogP contribution in [0.5, 0.6) is 0 Å². The first-order valence-electron chi connectivity index (χ1n) is 12.4. The maximum Gasteiger partial charge on any atom is 0.323 e. The number of aromatic nitrogens is 3. The molecule has 1 aliphatic rings. The van der Waals surface area contributed by atoms with E-state index in [1.807, 2.05) is 0 Å². The fourth-order valence-corrected chi connectivity index (χ4v) is 4.91. The van der Waals surface area contributed by atoms with Gasteiger partial charge >= 0.3 is 6.03 Å². The van der Waals surface area contributed by atoms with Crippen LogP contribution in [0.3, 0.4) is 0 Å². The van der Waals surface area contributed by atoms with Crippen molar-refractivity contribution in [3.05, 3.63) is 81.7 Å². The Labute approximate surface area is 235 Å². The molecule has 0 saturated carbocycles. The van der Waals surface area contributed by atoms with Gasteiger partial charge in [0.1, 0.15) is 17.5 Å². The van der Waals surface area contributed by atoms with Gasteiger partial charge in [-0.3, -0.25) is 9.69 Å². The molecule has 2 aromatic heterocycles. The minimum Gasteiger partial charge on any atom is -0.382 e. The maximum atomic E-state index is 13.6. The number of piperidine rings is 1. The first kappa shape index (κ1) is 26.5. The van der Waals surface area contributed by atoms with Crippen molar-refractivity contribution in [3.63, 3.8) is 0 Å². The second-order valence-corrected chi connectivity index (χ2v) is 9.94. The Bertz CT molecular complexity index is 1620. The lowest BCUT2D eigenvalue weighted by atomic mass is 10.0. The second kappa shape index (κ2) is 11.7. The summed E-state index contributed by atoms with van der Waals surface area (Å²) >= 11 is 12.1. The van der Waals surface area contributed by atoms with Gasteiger partial charge in [-0.2, -0.15) is 5.10 Å². The van der Waals surface area contributed by atoms with Crippen LogP contribution in [-0.4, -0.2) is 50.9 Å². The standard InChI is InChI=1S/C28H25Cl2N7O2/c29-19-9-10-24(23(30)15-19)35-28(39)34-20-7-4-6-18(14-20)26(38)22-16-21(37-25(22)27(31)32-17-33-37)8-5-13-36-11-2-1-3-12-36/h4,6-7,9-10,14-17H,1-3,11-13H2,(H2,31,32,33)(H2,34,35,39). The lowest BCUT2D eigenvalue weighted by Gasteiger charge is -2.23. The molecular weight excluding hydrogens is 537 g/mol. The molecule has 1 saturated heterocycles. The van der Waals surface area contributed by atoms with E-state index in [1.54, 1.807) is 47.0 Å². The molecule has 3 heterocycles. The summed E-state index contributed by atoms with van der Waals surface area (Å²) in [6.07, 6.45) is 4.96. The van der Waals surface area contributed by atoms with Crippen molar-refractivity contribution >= 4 is 57.7 Å². The second-order valence-electron chi connectivity index (χ2n) is 9.10. The van der Waals surface area contributed by atoms with E-state index in [-0.39, 0.29) is 11.6 Å². The zero-order chi connectivity index (χ0) is 27.4. The number of nitrogen functional groups attached to an aromatic ring is 1. The predicted octanol–water partition coefficient (Wildman–Crippen LogP) is 5.33. The molecule has 1 aliphatic heterocycles. The van der Waals surface area contributed by atoms with E-state index in [2.05, 4.69) is 37.5 Å². The molecular formula is C28H25Cl2N7O2. The van der Waals surface area contributed by atoms with Gasteiger partial charge in [-0.25, -0.2) is 14.3 Å². The SMILES string of the molecule is Nc1ncnn2c(C#CCN3CCCCC3)cc(C(=O)c3cccc(NC(=O)Nc4ccc(Cl)cc4Cl)c3)c12. The quantitative estimate of drug-likeness (QED) is 0.224. The Morgan fingerprint density at radius 1 is 1.03 bits per heavy atom. The molecule has 0 atom stereocenters. The summed E-state index contributed by atoms with van der Waals surface area (Å²) in [7, 11) is 0. The number of nitrogens with one attached hydrogen (secondary N) is 2. The molecule has 1 fully saturated rings. The van der Waals surface area contributed by atoms with Crippen molar-refractivity contribution in [2.45, 2.75) is 19.3 Å². The van der Waals surface area contributed by atoms with Crippen LogP contribution in [0, 0.1) is 11.8 Å². The zero-order valence-corrected chi connectivity index (χ0v) is 22.4. The Morgan fingerprint density at radius 2 is 1.85 bits per heavy atom. The molecule has 2 amide bonds. The molecule has 0 radical (unpaired) electrons. The molecule has 2 aromatic carbocycles. The van der Waals surface area contributed by atoms with Crippen LogP contribution < -0.4 is 16.4 Å². The molecule has 39 heavy (non-hydrogen) atoms. The van der Waals surface area contributed by atoms with Gasteiger partial charge < -0.3 is 16.4 Å². The van der Waals surface area contributed by atoms with Gasteiger partial charge in [0.2, 0.25) is 0 Å². The summed E-state index contributed by atoms with van der Waals surface area (Å²) < 4.78 is 1.55. The number of hydrogen-bond donors (Lipinski definition) is 3. The molecule has 9 nitrogen and oxygen atoms in total. The van der Waals surface area contributed by atoms with Crippen LogP contribution in [0.15, 0.2) is 54.9 Å². The number of anilines is 3. The third kappa shape index (κ3) is 6.15. The van der Waals surface area contributed by atoms with Crippen LogP contribution in [0.4, 0.5) is 22.0 Å². The third-order valence-corrected chi connectivity index (χ3v) is 6.90. The number of carbonyl (C=O) groups is 2. The average Bonchev–Trinajstić information content (AvgIpc) is 3.30. The van der Waals surface area contributed by atoms with Gasteiger partial charge in [-0.05, 0) is 68.2 Å². The van der Waals surface area contributed by atoms with Crippen molar-refractivity contribution in [2.24, 2.45) is 0 Å². The molecule has 0 spiro atoms. The number of hydrogen-bond acceptors (Lipinski definition) is 6. The lowest BCUT2D eigenvalue weighted by molar-refractivity contribution is 0.104. The summed E-state index contributed by atoms with van der Waals surface area (Å²) in [4.78, 5) is 32.6.